The van der Waals surface area contributed by atoms with Crippen LogP contribution in [-0.4, -0.2) is 43.3 Å². The zero-order chi connectivity index (χ0) is 17.9. The average Bonchev–Trinajstić information content (AvgIpc) is 2.50. The maximum Gasteiger partial charge on any atom is 0.328 e. The second-order valence-corrected chi connectivity index (χ2v) is 5.30. The molecular weight excluding hydrogens is 314 g/mol. The topological polar surface area (TPSA) is 131 Å². The van der Waals surface area contributed by atoms with Crippen LogP contribution >= 0.6 is 0 Å². The van der Waals surface area contributed by atoms with Gasteiger partial charge in [0.1, 0.15) is 11.5 Å². The van der Waals surface area contributed by atoms with Gasteiger partial charge in [-0.1, -0.05) is 6.07 Å². The van der Waals surface area contributed by atoms with Crippen molar-refractivity contribution in [2.45, 2.75) is 19.4 Å². The van der Waals surface area contributed by atoms with Crippen LogP contribution in [-0.2, 0) is 11.2 Å². The number of phenols is 4. The van der Waals surface area contributed by atoms with Gasteiger partial charge < -0.3 is 25.5 Å². The maximum atomic E-state index is 11.4. The van der Waals surface area contributed by atoms with Gasteiger partial charge in [-0.25, -0.2) is 4.79 Å². The lowest BCUT2D eigenvalue weighted by atomic mass is 10.0. The number of rotatable bonds is 5. The second kappa shape index (κ2) is 6.91. The number of aromatic hydroxyl groups is 4. The first-order valence-corrected chi connectivity index (χ1v) is 7.08. The van der Waals surface area contributed by atoms with Crippen molar-refractivity contribution >= 4 is 11.7 Å². The van der Waals surface area contributed by atoms with E-state index in [1.807, 2.05) is 0 Å². The molecule has 24 heavy (non-hydrogen) atoms. The number of carbonyl (C=O) groups is 1. The molecule has 2 rings (SSSR count). The third kappa shape index (κ3) is 3.95. The number of phenolic OH excluding ortho intramolecular Hbond substituents is 4. The number of aliphatic carboxylic acids is 1. The fourth-order valence-electron chi connectivity index (χ4n) is 2.24. The summed E-state index contributed by atoms with van der Waals surface area (Å²) < 4.78 is 0. The summed E-state index contributed by atoms with van der Waals surface area (Å²) in [6.45, 7) is 1.55. The highest BCUT2D eigenvalue weighted by Gasteiger charge is 2.19. The van der Waals surface area contributed by atoms with Crippen molar-refractivity contribution < 1.29 is 30.3 Å². The molecule has 0 amide bonds. The van der Waals surface area contributed by atoms with Crippen LogP contribution in [0.1, 0.15) is 18.1 Å². The molecule has 2 aromatic rings. The summed E-state index contributed by atoms with van der Waals surface area (Å²) in [5, 5.41) is 47.2. The van der Waals surface area contributed by atoms with Crippen molar-refractivity contribution in [3.05, 3.63) is 47.5 Å². The van der Waals surface area contributed by atoms with Gasteiger partial charge in [0.2, 0.25) is 0 Å². The Kier molecular flexibility index (Phi) is 4.93. The molecule has 126 valence electrons. The van der Waals surface area contributed by atoms with E-state index in [1.165, 1.54) is 30.3 Å². The Labute approximate surface area is 137 Å². The number of carboxylic acids is 1. The molecular formula is C17H17NO6. The van der Waals surface area contributed by atoms with E-state index >= 15 is 0 Å². The highest BCUT2D eigenvalue weighted by Crippen LogP contribution is 2.26. The van der Waals surface area contributed by atoms with Gasteiger partial charge in [-0.15, -0.1) is 0 Å². The minimum atomic E-state index is -1.17. The van der Waals surface area contributed by atoms with Crippen LogP contribution in [0, 0.1) is 0 Å². The minimum Gasteiger partial charge on any atom is -0.508 e. The molecule has 0 heterocycles. The molecule has 7 nitrogen and oxygen atoms in total. The number of carboxylic acid groups (broad SMARTS) is 1. The predicted molar refractivity (Wildman–Crippen MR) is 86.9 cm³/mol. The van der Waals surface area contributed by atoms with Crippen molar-refractivity contribution in [2.24, 2.45) is 4.99 Å². The molecule has 2 aromatic carbocycles. The minimum absolute atomic E-state index is 0.000636. The Morgan fingerprint density at radius 3 is 2.29 bits per heavy atom. The number of aliphatic imine (C=N–C) groups is 1. The molecule has 0 aliphatic heterocycles. The monoisotopic (exact) mass is 331 g/mol. The smallest absolute Gasteiger partial charge is 0.328 e. The molecule has 0 saturated heterocycles. The van der Waals surface area contributed by atoms with Crippen molar-refractivity contribution in [1.82, 2.24) is 0 Å². The molecule has 1 unspecified atom stereocenters. The van der Waals surface area contributed by atoms with E-state index in [9.17, 15) is 30.3 Å². The number of hydrogen-bond acceptors (Lipinski definition) is 6. The molecule has 0 bridgehead atoms. The largest absolute Gasteiger partial charge is 0.508 e. The molecule has 5 N–H and O–H groups in total. The first-order chi connectivity index (χ1) is 11.3. The molecule has 7 heteroatoms. The van der Waals surface area contributed by atoms with Crippen LogP contribution in [0.4, 0.5) is 0 Å². The summed E-state index contributed by atoms with van der Waals surface area (Å²) >= 11 is 0. The lowest BCUT2D eigenvalue weighted by Crippen LogP contribution is -2.22. The summed E-state index contributed by atoms with van der Waals surface area (Å²) in [6, 6.07) is 6.84. The molecule has 0 aromatic heterocycles. The Morgan fingerprint density at radius 1 is 1.00 bits per heavy atom. The van der Waals surface area contributed by atoms with Gasteiger partial charge in [-0.05, 0) is 36.8 Å². The summed E-state index contributed by atoms with van der Waals surface area (Å²) in [4.78, 5) is 15.6. The highest BCUT2D eigenvalue weighted by atomic mass is 16.4. The van der Waals surface area contributed by atoms with E-state index in [0.29, 0.717) is 16.8 Å². The van der Waals surface area contributed by atoms with E-state index in [1.54, 1.807) is 6.92 Å². The number of nitrogens with zero attached hydrogens (tertiary/aromatic N) is 1. The van der Waals surface area contributed by atoms with E-state index in [-0.39, 0.29) is 29.4 Å². The normalized spacial score (nSPS) is 12.8. The lowest BCUT2D eigenvalue weighted by molar-refractivity contribution is -0.138. The Hall–Kier alpha value is -3.22. The summed E-state index contributed by atoms with van der Waals surface area (Å²) in [7, 11) is 0. The first kappa shape index (κ1) is 17.1. The number of benzene rings is 2. The van der Waals surface area contributed by atoms with Crippen molar-refractivity contribution in [1.29, 1.82) is 0 Å². The molecule has 0 saturated carbocycles. The molecule has 0 radical (unpaired) electrons. The van der Waals surface area contributed by atoms with Crippen molar-refractivity contribution in [3.8, 4) is 23.0 Å². The van der Waals surface area contributed by atoms with E-state index in [4.69, 9.17) is 0 Å². The number of hydrogen-bond donors (Lipinski definition) is 5. The van der Waals surface area contributed by atoms with Gasteiger partial charge in [0.05, 0.1) is 0 Å². The van der Waals surface area contributed by atoms with Crippen molar-refractivity contribution in [2.75, 3.05) is 0 Å². The van der Waals surface area contributed by atoms with E-state index in [0.717, 1.165) is 6.07 Å². The Balaban J connectivity index is 2.29. The maximum absolute atomic E-state index is 11.4. The van der Waals surface area contributed by atoms with Crippen LogP contribution in [0.25, 0.3) is 0 Å². The second-order valence-electron chi connectivity index (χ2n) is 5.30. The average molecular weight is 331 g/mol. The van der Waals surface area contributed by atoms with Gasteiger partial charge >= 0.3 is 5.97 Å². The summed E-state index contributed by atoms with van der Waals surface area (Å²) in [5.74, 6) is -2.12. The standard InChI is InChI=1S/C17H17NO6/c1-9(12-4-3-11(19)8-15(12)21)18-13(17(23)24)6-10-2-5-14(20)16(22)7-10/h2-5,7-8,13,19-22H,6H2,1H3,(H,23,24). The quantitative estimate of drug-likeness (QED) is 0.421. The third-order valence-electron chi connectivity index (χ3n) is 3.47. The van der Waals surface area contributed by atoms with Crippen LogP contribution in [0.5, 0.6) is 23.0 Å². The molecule has 0 fully saturated rings. The van der Waals surface area contributed by atoms with Crippen LogP contribution in [0.3, 0.4) is 0 Å². The third-order valence-corrected chi connectivity index (χ3v) is 3.47. The Bertz CT molecular complexity index is 800. The van der Waals surface area contributed by atoms with E-state index < -0.39 is 12.0 Å². The van der Waals surface area contributed by atoms with Gasteiger partial charge in [0.25, 0.3) is 0 Å². The summed E-state index contributed by atoms with van der Waals surface area (Å²) in [6.07, 6.45) is -0.000636. The molecule has 1 atom stereocenters. The van der Waals surface area contributed by atoms with Gasteiger partial charge in [0, 0.05) is 23.8 Å². The molecule has 0 aliphatic carbocycles. The SMILES string of the molecule is CC(=NC(Cc1ccc(O)c(O)c1)C(=O)O)c1ccc(O)cc1O. The van der Waals surface area contributed by atoms with Gasteiger partial charge in [-0.2, -0.15) is 0 Å². The zero-order valence-electron chi connectivity index (χ0n) is 12.8. The summed E-state index contributed by atoms with van der Waals surface area (Å²) in [5.41, 5.74) is 1.10. The lowest BCUT2D eigenvalue weighted by Gasteiger charge is -2.11. The van der Waals surface area contributed by atoms with Gasteiger partial charge in [-0.3, -0.25) is 4.99 Å². The van der Waals surface area contributed by atoms with Crippen LogP contribution < -0.4 is 0 Å². The molecule has 0 aliphatic rings. The fourth-order valence-corrected chi connectivity index (χ4v) is 2.24. The first-order valence-electron chi connectivity index (χ1n) is 7.08. The zero-order valence-corrected chi connectivity index (χ0v) is 12.8. The predicted octanol–water partition coefficient (Wildman–Crippen LogP) is 2.01. The molecule has 0 spiro atoms. The van der Waals surface area contributed by atoms with E-state index in [2.05, 4.69) is 4.99 Å². The van der Waals surface area contributed by atoms with Crippen molar-refractivity contribution in [3.63, 3.8) is 0 Å². The van der Waals surface area contributed by atoms with Crippen LogP contribution in [0.2, 0.25) is 0 Å². The Morgan fingerprint density at radius 2 is 1.71 bits per heavy atom. The van der Waals surface area contributed by atoms with Gasteiger partial charge in [0.15, 0.2) is 17.5 Å². The highest BCUT2D eigenvalue weighted by molar-refractivity contribution is 6.02. The van der Waals surface area contributed by atoms with Crippen LogP contribution in [0.15, 0.2) is 41.4 Å². The fraction of sp³-hybridized carbons (Fsp3) is 0.176.